The summed E-state index contributed by atoms with van der Waals surface area (Å²) in [7, 11) is 1.93. The Balaban J connectivity index is 2.36. The van der Waals surface area contributed by atoms with E-state index in [1.807, 2.05) is 17.8 Å². The molecular formula is C17H16N3+. The predicted octanol–water partition coefficient (Wildman–Crippen LogP) is 3.37. The van der Waals surface area contributed by atoms with Gasteiger partial charge in [0.2, 0.25) is 0 Å². The Labute approximate surface area is 118 Å². The third-order valence-corrected chi connectivity index (χ3v) is 3.66. The Morgan fingerprint density at radius 1 is 1.10 bits per heavy atom. The molecule has 0 saturated heterocycles. The van der Waals surface area contributed by atoms with E-state index in [9.17, 15) is 0 Å². The lowest BCUT2D eigenvalue weighted by molar-refractivity contribution is -0.719. The summed E-state index contributed by atoms with van der Waals surface area (Å²) in [5.74, 6) is 0. The molecule has 0 N–H and O–H groups in total. The normalized spacial score (nSPS) is 10.7. The van der Waals surface area contributed by atoms with Crippen LogP contribution in [0.2, 0.25) is 0 Å². The zero-order valence-electron chi connectivity index (χ0n) is 11.7. The minimum atomic E-state index is 0.848. The third kappa shape index (κ3) is 1.88. The van der Waals surface area contributed by atoms with E-state index in [0.717, 1.165) is 16.9 Å². The Kier molecular flexibility index (Phi) is 3.03. The zero-order valence-corrected chi connectivity index (χ0v) is 11.7. The molecule has 0 radical (unpaired) electrons. The summed E-state index contributed by atoms with van der Waals surface area (Å²) in [6, 6.07) is 14.5. The number of rotatable bonds is 2. The summed E-state index contributed by atoms with van der Waals surface area (Å²) in [4.78, 5) is 4.12. The van der Waals surface area contributed by atoms with Crippen LogP contribution in [-0.4, -0.2) is 11.8 Å². The second-order valence-electron chi connectivity index (χ2n) is 4.81. The first-order valence-electron chi connectivity index (χ1n) is 6.53. The number of nitrogens with zero attached hydrogens (tertiary/aromatic N) is 3. The first kappa shape index (κ1) is 12.5. The van der Waals surface area contributed by atoms with Gasteiger partial charge >= 0.3 is 0 Å². The average molecular weight is 262 g/mol. The highest BCUT2D eigenvalue weighted by Gasteiger charge is 2.19. The van der Waals surface area contributed by atoms with Crippen LogP contribution in [0.4, 0.5) is 5.69 Å². The first-order chi connectivity index (χ1) is 9.72. The van der Waals surface area contributed by atoms with Gasteiger partial charge in [-0.2, -0.15) is 0 Å². The van der Waals surface area contributed by atoms with Crippen molar-refractivity contribution in [1.29, 1.82) is 0 Å². The highest BCUT2D eigenvalue weighted by Crippen LogP contribution is 2.32. The van der Waals surface area contributed by atoms with Crippen molar-refractivity contribution in [3.63, 3.8) is 0 Å². The second-order valence-corrected chi connectivity index (χ2v) is 4.81. The molecule has 0 saturated carbocycles. The highest BCUT2D eigenvalue weighted by atomic mass is 15.2. The van der Waals surface area contributed by atoms with E-state index in [0.29, 0.717) is 0 Å². The molecule has 2 aromatic carbocycles. The van der Waals surface area contributed by atoms with Crippen LogP contribution >= 0.6 is 0 Å². The van der Waals surface area contributed by atoms with Crippen molar-refractivity contribution in [1.82, 2.24) is 5.10 Å². The molecule has 0 aliphatic carbocycles. The molecule has 0 aliphatic heterocycles. The summed E-state index contributed by atoms with van der Waals surface area (Å²) in [6.45, 7) is 5.80. The van der Waals surface area contributed by atoms with E-state index in [2.05, 4.69) is 60.1 Å². The van der Waals surface area contributed by atoms with Crippen LogP contribution in [0.5, 0.6) is 0 Å². The maximum atomic E-state index is 4.31. The fourth-order valence-electron chi connectivity index (χ4n) is 2.63. The van der Waals surface area contributed by atoms with Crippen LogP contribution in [0.3, 0.4) is 0 Å². The molecule has 3 aromatic rings. The van der Waals surface area contributed by atoms with Crippen molar-refractivity contribution in [2.45, 2.75) is 6.92 Å². The van der Waals surface area contributed by atoms with Crippen molar-refractivity contribution in [2.75, 3.05) is 0 Å². The summed E-state index contributed by atoms with van der Waals surface area (Å²) in [5.41, 5.74) is 4.21. The zero-order chi connectivity index (χ0) is 14.1. The van der Waals surface area contributed by atoms with Gasteiger partial charge in [-0.3, -0.25) is 4.99 Å². The van der Waals surface area contributed by atoms with Crippen LogP contribution in [-0.2, 0) is 7.05 Å². The highest BCUT2D eigenvalue weighted by molar-refractivity contribution is 5.92. The smallest absolute Gasteiger partial charge is 0.257 e. The Hall–Kier alpha value is -2.55. The molecule has 98 valence electrons. The fourth-order valence-corrected chi connectivity index (χ4v) is 2.63. The molecule has 3 heteroatoms. The number of fused-ring (bicyclic) bond motifs is 1. The molecule has 1 aromatic heterocycles. The number of aliphatic imine (C=N–C) groups is 1. The number of benzene rings is 2. The van der Waals surface area contributed by atoms with Gasteiger partial charge in [-0.15, -0.1) is 0 Å². The predicted molar refractivity (Wildman–Crippen MR) is 82.3 cm³/mol. The van der Waals surface area contributed by atoms with Gasteiger partial charge in [0.1, 0.15) is 5.69 Å². The standard InChI is InChI=1S/C17H16N3/c1-12-14-7-5-4-6-13(14)8-9-15(12)17-16(18-2)10-11-19-20(17)3/h4-11H,2H2,1,3H3/q+1. The molecule has 0 unspecified atom stereocenters. The van der Waals surface area contributed by atoms with Crippen LogP contribution in [0.25, 0.3) is 22.0 Å². The summed E-state index contributed by atoms with van der Waals surface area (Å²) in [5, 5.41) is 6.81. The first-order valence-corrected chi connectivity index (χ1v) is 6.53. The Morgan fingerprint density at radius 2 is 1.90 bits per heavy atom. The molecule has 0 fully saturated rings. The van der Waals surface area contributed by atoms with Gasteiger partial charge in [-0.25, -0.2) is 0 Å². The van der Waals surface area contributed by atoms with Crippen LogP contribution < -0.4 is 4.68 Å². The quantitative estimate of drug-likeness (QED) is 0.514. The van der Waals surface area contributed by atoms with E-state index < -0.39 is 0 Å². The molecule has 3 rings (SSSR count). The monoisotopic (exact) mass is 262 g/mol. The van der Waals surface area contributed by atoms with Crippen LogP contribution in [0.15, 0.2) is 53.7 Å². The van der Waals surface area contributed by atoms with E-state index in [1.54, 1.807) is 6.20 Å². The van der Waals surface area contributed by atoms with E-state index >= 15 is 0 Å². The van der Waals surface area contributed by atoms with Crippen molar-refractivity contribution in [3.05, 3.63) is 54.2 Å². The largest absolute Gasteiger partial charge is 0.264 e. The lowest BCUT2D eigenvalue weighted by Crippen LogP contribution is -2.35. The lowest BCUT2D eigenvalue weighted by Gasteiger charge is -2.08. The van der Waals surface area contributed by atoms with Crippen molar-refractivity contribution < 1.29 is 4.68 Å². The van der Waals surface area contributed by atoms with E-state index in [1.165, 1.54) is 16.3 Å². The molecule has 0 atom stereocenters. The van der Waals surface area contributed by atoms with E-state index in [-0.39, 0.29) is 0 Å². The number of aryl methyl sites for hydroxylation is 2. The van der Waals surface area contributed by atoms with E-state index in [4.69, 9.17) is 0 Å². The molecule has 0 amide bonds. The number of aromatic nitrogens is 2. The van der Waals surface area contributed by atoms with Gasteiger partial charge < -0.3 is 0 Å². The summed E-state index contributed by atoms with van der Waals surface area (Å²) < 4.78 is 1.85. The minimum Gasteiger partial charge on any atom is -0.257 e. The minimum absolute atomic E-state index is 0.848. The van der Waals surface area contributed by atoms with Gasteiger partial charge in [0.15, 0.2) is 7.05 Å². The third-order valence-electron chi connectivity index (χ3n) is 3.66. The molecule has 0 bridgehead atoms. The molecule has 20 heavy (non-hydrogen) atoms. The molecular weight excluding hydrogens is 246 g/mol. The topological polar surface area (TPSA) is 29.1 Å². The average Bonchev–Trinajstić information content (AvgIpc) is 2.48. The van der Waals surface area contributed by atoms with Gasteiger partial charge in [0.25, 0.3) is 5.69 Å². The fraction of sp³-hybridized carbons (Fsp3) is 0.118. The van der Waals surface area contributed by atoms with Gasteiger partial charge in [-0.05, 0) is 47.2 Å². The molecule has 3 nitrogen and oxygen atoms in total. The van der Waals surface area contributed by atoms with Gasteiger partial charge in [0, 0.05) is 0 Å². The molecule has 1 heterocycles. The van der Waals surface area contributed by atoms with Gasteiger partial charge in [-0.1, -0.05) is 35.0 Å². The summed E-state index contributed by atoms with van der Waals surface area (Å²) >= 11 is 0. The number of hydrogen-bond acceptors (Lipinski definition) is 2. The lowest BCUT2D eigenvalue weighted by atomic mass is 9.97. The maximum Gasteiger partial charge on any atom is 0.264 e. The number of hydrogen-bond donors (Lipinski definition) is 0. The Morgan fingerprint density at radius 3 is 2.70 bits per heavy atom. The van der Waals surface area contributed by atoms with Crippen molar-refractivity contribution in [3.8, 4) is 11.3 Å². The Bertz CT molecular complexity index is 806. The SMILES string of the molecule is C=Nc1ccn[n+](C)c1-c1ccc2ccccc2c1C. The summed E-state index contributed by atoms with van der Waals surface area (Å²) in [6.07, 6.45) is 1.74. The van der Waals surface area contributed by atoms with Gasteiger partial charge in [0.05, 0.1) is 11.8 Å². The van der Waals surface area contributed by atoms with Crippen molar-refractivity contribution in [2.24, 2.45) is 12.0 Å². The maximum absolute atomic E-state index is 4.31. The van der Waals surface area contributed by atoms with Crippen LogP contribution in [0.1, 0.15) is 5.56 Å². The van der Waals surface area contributed by atoms with Crippen LogP contribution in [0, 0.1) is 6.92 Å². The second kappa shape index (κ2) is 4.85. The van der Waals surface area contributed by atoms with Crippen molar-refractivity contribution >= 4 is 23.2 Å². The molecule has 0 aliphatic rings. The molecule has 0 spiro atoms.